The Balaban J connectivity index is 3.04. The van der Waals surface area contributed by atoms with Crippen LogP contribution in [0.4, 0.5) is 0 Å². The molecule has 3 heteroatoms. The van der Waals surface area contributed by atoms with Gasteiger partial charge in [0.2, 0.25) is 0 Å². The predicted molar refractivity (Wildman–Crippen MR) is 53.9 cm³/mol. The maximum atomic E-state index is 5.97. The minimum Gasteiger partial charge on any atom is -0.313 e. The van der Waals surface area contributed by atoms with Gasteiger partial charge < -0.3 is 5.32 Å². The molecule has 0 aromatic heterocycles. The Morgan fingerprint density at radius 2 is 2.00 bits per heavy atom. The zero-order valence-corrected chi connectivity index (χ0v) is 8.58. The normalized spacial score (nSPS) is 13.0. The number of benzene rings is 1. The van der Waals surface area contributed by atoms with E-state index in [9.17, 15) is 0 Å². The standard InChI is InChI=1S/C9H11Cl2N/c1-6(12-2)8-5-7(10)3-4-9(8)11/h3-6,12H,1-2H3/t6-/m0/s1. The average Bonchev–Trinajstić information content (AvgIpc) is 2.08. The van der Waals surface area contributed by atoms with Crippen LogP contribution in [0.25, 0.3) is 0 Å². The Morgan fingerprint density at radius 1 is 1.33 bits per heavy atom. The van der Waals surface area contributed by atoms with Crippen LogP contribution in [0.15, 0.2) is 18.2 Å². The molecule has 0 aliphatic heterocycles. The third-order valence-corrected chi connectivity index (χ3v) is 2.44. The fourth-order valence-electron chi connectivity index (χ4n) is 1.00. The van der Waals surface area contributed by atoms with E-state index in [1.165, 1.54) is 0 Å². The van der Waals surface area contributed by atoms with E-state index in [0.717, 1.165) is 15.6 Å². The molecule has 0 fully saturated rings. The van der Waals surface area contributed by atoms with E-state index in [2.05, 4.69) is 5.32 Å². The van der Waals surface area contributed by atoms with Gasteiger partial charge in [0.1, 0.15) is 0 Å². The topological polar surface area (TPSA) is 12.0 Å². The minimum absolute atomic E-state index is 0.233. The van der Waals surface area contributed by atoms with Crippen LogP contribution < -0.4 is 5.32 Å². The third-order valence-electron chi connectivity index (χ3n) is 1.86. The van der Waals surface area contributed by atoms with E-state index in [1.807, 2.05) is 26.1 Å². The summed E-state index contributed by atoms with van der Waals surface area (Å²) in [5.74, 6) is 0. The zero-order valence-electron chi connectivity index (χ0n) is 7.07. The van der Waals surface area contributed by atoms with E-state index in [-0.39, 0.29) is 6.04 Å². The van der Waals surface area contributed by atoms with Gasteiger partial charge in [0.05, 0.1) is 0 Å². The molecule has 0 bridgehead atoms. The maximum absolute atomic E-state index is 5.97. The molecule has 1 aromatic carbocycles. The fraction of sp³-hybridized carbons (Fsp3) is 0.333. The van der Waals surface area contributed by atoms with Gasteiger partial charge >= 0.3 is 0 Å². The van der Waals surface area contributed by atoms with Crippen LogP contribution in [0.2, 0.25) is 10.0 Å². The summed E-state index contributed by atoms with van der Waals surface area (Å²) in [6.45, 7) is 2.04. The molecule has 66 valence electrons. The van der Waals surface area contributed by atoms with Crippen LogP contribution in [0, 0.1) is 0 Å². The summed E-state index contributed by atoms with van der Waals surface area (Å²) in [6.07, 6.45) is 0. The summed E-state index contributed by atoms with van der Waals surface area (Å²) in [6, 6.07) is 5.71. The van der Waals surface area contributed by atoms with E-state index in [1.54, 1.807) is 6.07 Å². The first-order valence-corrected chi connectivity index (χ1v) is 4.53. The molecular formula is C9H11Cl2N. The lowest BCUT2D eigenvalue weighted by molar-refractivity contribution is 0.652. The monoisotopic (exact) mass is 203 g/mol. The molecule has 0 amide bonds. The van der Waals surface area contributed by atoms with Crippen LogP contribution in [0.1, 0.15) is 18.5 Å². The van der Waals surface area contributed by atoms with Crippen molar-refractivity contribution < 1.29 is 0 Å². The molecular weight excluding hydrogens is 193 g/mol. The van der Waals surface area contributed by atoms with Crippen molar-refractivity contribution in [2.45, 2.75) is 13.0 Å². The molecule has 1 atom stereocenters. The highest BCUT2D eigenvalue weighted by Gasteiger charge is 2.07. The molecule has 1 aromatic rings. The van der Waals surface area contributed by atoms with Crippen molar-refractivity contribution in [3.05, 3.63) is 33.8 Å². The molecule has 0 spiro atoms. The second-order valence-corrected chi connectivity index (χ2v) is 3.52. The molecule has 0 saturated carbocycles. The fourth-order valence-corrected chi connectivity index (χ4v) is 1.46. The molecule has 0 aliphatic carbocycles. The number of halogens is 2. The van der Waals surface area contributed by atoms with Crippen molar-refractivity contribution in [3.8, 4) is 0 Å². The van der Waals surface area contributed by atoms with Crippen LogP contribution in [0.5, 0.6) is 0 Å². The third kappa shape index (κ3) is 2.13. The van der Waals surface area contributed by atoms with Crippen molar-refractivity contribution in [2.75, 3.05) is 7.05 Å². The van der Waals surface area contributed by atoms with Crippen molar-refractivity contribution >= 4 is 23.2 Å². The van der Waals surface area contributed by atoms with Gasteiger partial charge in [-0.05, 0) is 37.7 Å². The molecule has 1 rings (SSSR count). The first kappa shape index (κ1) is 9.85. The van der Waals surface area contributed by atoms with Gasteiger partial charge in [-0.25, -0.2) is 0 Å². The van der Waals surface area contributed by atoms with Gasteiger partial charge in [0.25, 0.3) is 0 Å². The second-order valence-electron chi connectivity index (χ2n) is 2.68. The highest BCUT2D eigenvalue weighted by atomic mass is 35.5. The summed E-state index contributed by atoms with van der Waals surface area (Å²) in [5.41, 5.74) is 1.03. The Hall–Kier alpha value is -0.240. The van der Waals surface area contributed by atoms with Crippen molar-refractivity contribution in [2.24, 2.45) is 0 Å². The average molecular weight is 204 g/mol. The van der Waals surface area contributed by atoms with Gasteiger partial charge in [0, 0.05) is 16.1 Å². The van der Waals surface area contributed by atoms with Crippen LogP contribution in [-0.2, 0) is 0 Å². The number of hydrogen-bond acceptors (Lipinski definition) is 1. The van der Waals surface area contributed by atoms with Crippen LogP contribution in [-0.4, -0.2) is 7.05 Å². The molecule has 0 radical (unpaired) electrons. The predicted octanol–water partition coefficient (Wildman–Crippen LogP) is 3.27. The summed E-state index contributed by atoms with van der Waals surface area (Å²) in [7, 11) is 1.89. The summed E-state index contributed by atoms with van der Waals surface area (Å²) in [4.78, 5) is 0. The molecule has 0 unspecified atom stereocenters. The Kier molecular flexibility index (Phi) is 3.39. The maximum Gasteiger partial charge on any atom is 0.0454 e. The van der Waals surface area contributed by atoms with Crippen LogP contribution in [0.3, 0.4) is 0 Å². The highest BCUT2D eigenvalue weighted by molar-refractivity contribution is 6.33. The first-order chi connectivity index (χ1) is 5.65. The van der Waals surface area contributed by atoms with Crippen LogP contribution >= 0.6 is 23.2 Å². The van der Waals surface area contributed by atoms with E-state index in [4.69, 9.17) is 23.2 Å². The molecule has 0 heterocycles. The van der Waals surface area contributed by atoms with E-state index in [0.29, 0.717) is 0 Å². The zero-order chi connectivity index (χ0) is 9.14. The van der Waals surface area contributed by atoms with E-state index < -0.39 is 0 Å². The van der Waals surface area contributed by atoms with E-state index >= 15 is 0 Å². The van der Waals surface area contributed by atoms with Crippen molar-refractivity contribution in [1.29, 1.82) is 0 Å². The Bertz CT molecular complexity index is 273. The summed E-state index contributed by atoms with van der Waals surface area (Å²) < 4.78 is 0. The quantitative estimate of drug-likeness (QED) is 0.779. The summed E-state index contributed by atoms with van der Waals surface area (Å²) >= 11 is 11.8. The Labute approximate surface area is 82.7 Å². The number of hydrogen-bond donors (Lipinski definition) is 1. The molecule has 1 N–H and O–H groups in total. The lowest BCUT2D eigenvalue weighted by Crippen LogP contribution is -2.12. The second kappa shape index (κ2) is 4.13. The lowest BCUT2D eigenvalue weighted by atomic mass is 10.1. The van der Waals surface area contributed by atoms with Crippen molar-refractivity contribution in [3.63, 3.8) is 0 Å². The minimum atomic E-state index is 0.233. The van der Waals surface area contributed by atoms with Gasteiger partial charge in [-0.15, -0.1) is 0 Å². The molecule has 0 aliphatic rings. The van der Waals surface area contributed by atoms with Gasteiger partial charge in [0.15, 0.2) is 0 Å². The van der Waals surface area contributed by atoms with Gasteiger partial charge in [-0.2, -0.15) is 0 Å². The highest BCUT2D eigenvalue weighted by Crippen LogP contribution is 2.25. The number of rotatable bonds is 2. The molecule has 12 heavy (non-hydrogen) atoms. The lowest BCUT2D eigenvalue weighted by Gasteiger charge is -2.12. The Morgan fingerprint density at radius 3 is 2.58 bits per heavy atom. The smallest absolute Gasteiger partial charge is 0.0454 e. The molecule has 1 nitrogen and oxygen atoms in total. The van der Waals surface area contributed by atoms with Crippen molar-refractivity contribution in [1.82, 2.24) is 5.32 Å². The number of nitrogens with one attached hydrogen (secondary N) is 1. The SMILES string of the molecule is CN[C@@H](C)c1cc(Cl)ccc1Cl. The summed E-state index contributed by atoms with van der Waals surface area (Å²) in [5, 5.41) is 4.58. The largest absolute Gasteiger partial charge is 0.313 e. The molecule has 0 saturated heterocycles. The van der Waals surface area contributed by atoms with Gasteiger partial charge in [-0.3, -0.25) is 0 Å². The first-order valence-electron chi connectivity index (χ1n) is 3.77. The van der Waals surface area contributed by atoms with Gasteiger partial charge in [-0.1, -0.05) is 23.2 Å².